The van der Waals surface area contributed by atoms with Crippen molar-refractivity contribution in [1.29, 1.82) is 0 Å². The van der Waals surface area contributed by atoms with E-state index >= 15 is 0 Å². The van der Waals surface area contributed by atoms with E-state index in [9.17, 15) is 17.6 Å². The van der Waals surface area contributed by atoms with Gasteiger partial charge in [-0.25, -0.2) is 4.39 Å². The molecule has 0 radical (unpaired) electrons. The van der Waals surface area contributed by atoms with Crippen LogP contribution in [-0.4, -0.2) is 0 Å². The summed E-state index contributed by atoms with van der Waals surface area (Å²) in [5, 5.41) is 2.69. The van der Waals surface area contributed by atoms with E-state index < -0.39 is 17.6 Å². The number of hydrogen-bond donors (Lipinski definition) is 2. The number of hydrogen-bond acceptors (Lipinski definition) is 2. The van der Waals surface area contributed by atoms with E-state index in [1.54, 1.807) is 0 Å². The molecule has 0 saturated heterocycles. The van der Waals surface area contributed by atoms with Crippen LogP contribution in [0.15, 0.2) is 34.8 Å². The van der Waals surface area contributed by atoms with E-state index in [1.807, 2.05) is 0 Å². The smallest absolute Gasteiger partial charge is 0.397 e. The Morgan fingerprint density at radius 1 is 1.14 bits per heavy atom. The Balaban J connectivity index is 2.39. The molecule has 0 heterocycles. The quantitative estimate of drug-likeness (QED) is 0.566. The van der Waals surface area contributed by atoms with Gasteiger partial charge in [0.05, 0.1) is 21.4 Å². The van der Waals surface area contributed by atoms with Gasteiger partial charge in [0, 0.05) is 11.8 Å². The Morgan fingerprint density at radius 2 is 1.81 bits per heavy atom. The number of aryl methyl sites for hydroxylation is 1. The predicted octanol–water partition coefficient (Wildman–Crippen LogP) is 5.24. The van der Waals surface area contributed by atoms with Gasteiger partial charge in [-0.3, -0.25) is 0 Å². The van der Waals surface area contributed by atoms with Crippen LogP contribution in [0.4, 0.5) is 34.6 Å². The zero-order valence-electron chi connectivity index (χ0n) is 10.9. The minimum atomic E-state index is -4.45. The van der Waals surface area contributed by atoms with Crippen molar-refractivity contribution in [1.82, 2.24) is 0 Å². The van der Waals surface area contributed by atoms with E-state index in [1.165, 1.54) is 25.1 Å². The maximum Gasteiger partial charge on any atom is 0.416 e. The normalized spacial score (nSPS) is 11.5. The predicted molar refractivity (Wildman–Crippen MR) is 78.0 cm³/mol. The van der Waals surface area contributed by atoms with Gasteiger partial charge in [-0.15, -0.1) is 0 Å². The lowest BCUT2D eigenvalue weighted by molar-refractivity contribution is -0.138. The van der Waals surface area contributed by atoms with Crippen molar-refractivity contribution in [2.45, 2.75) is 13.1 Å². The molecule has 2 aromatic rings. The highest BCUT2D eigenvalue weighted by atomic mass is 79.9. The third-order valence-corrected chi connectivity index (χ3v) is 3.52. The third-order valence-electron chi connectivity index (χ3n) is 2.91. The summed E-state index contributed by atoms with van der Waals surface area (Å²) in [6.07, 6.45) is -4.45. The number of nitrogen functional groups attached to an aromatic ring is 1. The Hall–Kier alpha value is -1.76. The van der Waals surface area contributed by atoms with Gasteiger partial charge >= 0.3 is 6.18 Å². The highest BCUT2D eigenvalue weighted by Crippen LogP contribution is 2.35. The summed E-state index contributed by atoms with van der Waals surface area (Å²) in [6, 6.07) is 6.25. The second-order valence-corrected chi connectivity index (χ2v) is 5.36. The van der Waals surface area contributed by atoms with Crippen LogP contribution in [0.1, 0.15) is 11.1 Å². The third kappa shape index (κ3) is 3.47. The zero-order chi connectivity index (χ0) is 15.8. The standard InChI is InChI=1S/C14H11BrF4N2/c1-7-2-3-8(4-9(7)14(17,18)19)21-13-6-11(16)10(15)5-12(13)20/h2-6,21H,20H2,1H3. The van der Waals surface area contributed by atoms with Crippen LogP contribution in [0.25, 0.3) is 0 Å². The molecular formula is C14H11BrF4N2. The van der Waals surface area contributed by atoms with Gasteiger partial charge < -0.3 is 11.1 Å². The lowest BCUT2D eigenvalue weighted by Crippen LogP contribution is -2.08. The van der Waals surface area contributed by atoms with Crippen molar-refractivity contribution < 1.29 is 17.6 Å². The van der Waals surface area contributed by atoms with Crippen LogP contribution >= 0.6 is 15.9 Å². The Bertz CT molecular complexity index is 683. The number of alkyl halides is 3. The molecule has 0 amide bonds. The van der Waals surface area contributed by atoms with Gasteiger partial charge in [-0.05, 0) is 46.6 Å². The van der Waals surface area contributed by atoms with E-state index in [0.29, 0.717) is 0 Å². The van der Waals surface area contributed by atoms with Gasteiger partial charge in [0.1, 0.15) is 5.82 Å². The molecule has 112 valence electrons. The highest BCUT2D eigenvalue weighted by molar-refractivity contribution is 9.10. The first-order valence-corrected chi connectivity index (χ1v) is 6.67. The molecule has 0 spiro atoms. The molecule has 0 bridgehead atoms. The molecule has 0 aliphatic heterocycles. The molecule has 3 N–H and O–H groups in total. The number of benzene rings is 2. The Morgan fingerprint density at radius 3 is 2.43 bits per heavy atom. The van der Waals surface area contributed by atoms with Crippen LogP contribution in [0.3, 0.4) is 0 Å². The summed E-state index contributed by atoms with van der Waals surface area (Å²) in [6.45, 7) is 1.38. The number of anilines is 3. The van der Waals surface area contributed by atoms with Crippen LogP contribution in [0, 0.1) is 12.7 Å². The van der Waals surface area contributed by atoms with E-state index in [4.69, 9.17) is 5.73 Å². The molecule has 0 aliphatic rings. The molecule has 0 saturated carbocycles. The van der Waals surface area contributed by atoms with Crippen molar-refractivity contribution in [2.24, 2.45) is 0 Å². The van der Waals surface area contributed by atoms with E-state index in [-0.39, 0.29) is 27.1 Å². The van der Waals surface area contributed by atoms with Crippen molar-refractivity contribution >= 4 is 33.0 Å². The zero-order valence-corrected chi connectivity index (χ0v) is 12.4. The summed E-state index contributed by atoms with van der Waals surface area (Å²) < 4.78 is 52.2. The molecule has 0 atom stereocenters. The first-order chi connectivity index (χ1) is 9.68. The maximum atomic E-state index is 13.5. The lowest BCUT2D eigenvalue weighted by atomic mass is 10.1. The number of rotatable bonds is 2. The maximum absolute atomic E-state index is 13.5. The Labute approximate surface area is 127 Å². The number of nitrogens with two attached hydrogens (primary N) is 1. The van der Waals surface area contributed by atoms with E-state index in [0.717, 1.165) is 12.1 Å². The fraction of sp³-hybridized carbons (Fsp3) is 0.143. The molecular weight excluding hydrogens is 352 g/mol. The van der Waals surface area contributed by atoms with Crippen LogP contribution < -0.4 is 11.1 Å². The number of nitrogens with one attached hydrogen (secondary N) is 1. The van der Waals surface area contributed by atoms with Crippen molar-refractivity contribution in [3.05, 3.63) is 51.7 Å². The Kier molecular flexibility index (Phi) is 4.13. The molecule has 0 fully saturated rings. The van der Waals surface area contributed by atoms with Gasteiger partial charge in [0.25, 0.3) is 0 Å². The number of halogens is 5. The minimum Gasteiger partial charge on any atom is -0.397 e. The van der Waals surface area contributed by atoms with Gasteiger partial charge in [0.2, 0.25) is 0 Å². The summed E-state index contributed by atoms with van der Waals surface area (Å²) >= 11 is 2.98. The van der Waals surface area contributed by atoms with Crippen molar-refractivity contribution in [3.8, 4) is 0 Å². The first-order valence-electron chi connectivity index (χ1n) is 5.88. The topological polar surface area (TPSA) is 38.0 Å². The van der Waals surface area contributed by atoms with Crippen molar-refractivity contribution in [3.63, 3.8) is 0 Å². The molecule has 7 heteroatoms. The molecule has 2 aromatic carbocycles. The summed E-state index contributed by atoms with van der Waals surface area (Å²) in [7, 11) is 0. The first kappa shape index (κ1) is 15.6. The summed E-state index contributed by atoms with van der Waals surface area (Å²) in [5.74, 6) is -0.560. The largest absolute Gasteiger partial charge is 0.416 e. The molecule has 21 heavy (non-hydrogen) atoms. The lowest BCUT2D eigenvalue weighted by Gasteiger charge is -2.14. The second-order valence-electron chi connectivity index (χ2n) is 4.51. The van der Waals surface area contributed by atoms with Crippen LogP contribution in [-0.2, 0) is 6.18 Å². The fourth-order valence-corrected chi connectivity index (χ4v) is 2.19. The van der Waals surface area contributed by atoms with Crippen LogP contribution in [0.5, 0.6) is 0 Å². The van der Waals surface area contributed by atoms with Crippen molar-refractivity contribution in [2.75, 3.05) is 11.1 Å². The summed E-state index contributed by atoms with van der Waals surface area (Å²) in [5.41, 5.74) is 5.68. The SMILES string of the molecule is Cc1ccc(Nc2cc(F)c(Br)cc2N)cc1C(F)(F)F. The van der Waals surface area contributed by atoms with Gasteiger partial charge in [-0.1, -0.05) is 6.07 Å². The molecule has 0 aromatic heterocycles. The van der Waals surface area contributed by atoms with Gasteiger partial charge in [-0.2, -0.15) is 13.2 Å². The molecule has 0 unspecified atom stereocenters. The fourth-order valence-electron chi connectivity index (χ4n) is 1.83. The molecule has 0 aliphatic carbocycles. The second kappa shape index (κ2) is 5.55. The minimum absolute atomic E-state index is 0.114. The molecule has 2 nitrogen and oxygen atoms in total. The molecule has 2 rings (SSSR count). The average molecular weight is 363 g/mol. The average Bonchev–Trinajstić information content (AvgIpc) is 2.37. The highest BCUT2D eigenvalue weighted by Gasteiger charge is 2.32. The van der Waals surface area contributed by atoms with Crippen LogP contribution in [0.2, 0.25) is 0 Å². The monoisotopic (exact) mass is 362 g/mol. The van der Waals surface area contributed by atoms with E-state index in [2.05, 4.69) is 21.2 Å². The van der Waals surface area contributed by atoms with Gasteiger partial charge in [0.15, 0.2) is 0 Å². The summed E-state index contributed by atoms with van der Waals surface area (Å²) in [4.78, 5) is 0.